The molecule has 1 rings (SSSR count). The summed E-state index contributed by atoms with van der Waals surface area (Å²) in [6.07, 6.45) is 1.68. The summed E-state index contributed by atoms with van der Waals surface area (Å²) in [6.45, 7) is 3.69. The zero-order valence-electron chi connectivity index (χ0n) is 8.60. The second kappa shape index (κ2) is 5.38. The zero-order valence-corrected chi connectivity index (χ0v) is 9.35. The molecule has 0 aliphatic rings. The van der Waals surface area contributed by atoms with Crippen LogP contribution in [0.4, 0.5) is 0 Å². The number of nitrogens with zero attached hydrogens (tertiary/aromatic N) is 1. The van der Waals surface area contributed by atoms with Crippen LogP contribution in [0, 0.1) is 18.8 Å². The van der Waals surface area contributed by atoms with Gasteiger partial charge in [-0.2, -0.15) is 0 Å². The second-order valence-electron chi connectivity index (χ2n) is 3.06. The van der Waals surface area contributed by atoms with Crippen molar-refractivity contribution in [1.82, 2.24) is 10.3 Å². The van der Waals surface area contributed by atoms with Crippen molar-refractivity contribution in [1.29, 1.82) is 0 Å². The minimum absolute atomic E-state index is 0.0993. The highest BCUT2D eigenvalue weighted by Crippen LogP contribution is 2.11. The molecule has 3 nitrogen and oxygen atoms in total. The lowest BCUT2D eigenvalue weighted by atomic mass is 10.2. The van der Waals surface area contributed by atoms with Gasteiger partial charge in [-0.3, -0.25) is 4.79 Å². The van der Waals surface area contributed by atoms with Gasteiger partial charge >= 0.3 is 0 Å². The van der Waals surface area contributed by atoms with E-state index in [1.54, 1.807) is 6.20 Å². The normalized spacial score (nSPS) is 9.00. The Labute approximate surface area is 93.9 Å². The Morgan fingerprint density at radius 3 is 3.07 bits per heavy atom. The Hall–Kier alpha value is -1.53. The highest BCUT2D eigenvalue weighted by molar-refractivity contribution is 6.30. The molecule has 0 atom stereocenters. The SMILES string of the molecule is CC(=O)NCC#Cc1cc(C)cnc1Cl. The molecule has 0 saturated heterocycles. The second-order valence-corrected chi connectivity index (χ2v) is 3.42. The molecule has 0 fully saturated rings. The van der Waals surface area contributed by atoms with E-state index in [0.29, 0.717) is 17.3 Å². The summed E-state index contributed by atoms with van der Waals surface area (Å²) in [4.78, 5) is 14.5. The summed E-state index contributed by atoms with van der Waals surface area (Å²) in [5.74, 6) is 5.55. The summed E-state index contributed by atoms with van der Waals surface area (Å²) in [5, 5.41) is 2.96. The van der Waals surface area contributed by atoms with Gasteiger partial charge in [0.1, 0.15) is 5.15 Å². The van der Waals surface area contributed by atoms with Gasteiger partial charge in [0, 0.05) is 13.1 Å². The van der Waals surface area contributed by atoms with E-state index in [4.69, 9.17) is 11.6 Å². The number of aryl methyl sites for hydroxylation is 1. The van der Waals surface area contributed by atoms with Crippen molar-refractivity contribution in [2.45, 2.75) is 13.8 Å². The Bertz CT molecular complexity index is 432. The molecule has 0 radical (unpaired) electrons. The van der Waals surface area contributed by atoms with E-state index in [-0.39, 0.29) is 5.91 Å². The molecular weight excluding hydrogens is 212 g/mol. The third-order valence-electron chi connectivity index (χ3n) is 1.62. The van der Waals surface area contributed by atoms with Gasteiger partial charge < -0.3 is 5.32 Å². The summed E-state index contributed by atoms with van der Waals surface area (Å²) in [5.41, 5.74) is 1.69. The molecule has 1 aromatic rings. The minimum atomic E-state index is -0.0993. The average molecular weight is 223 g/mol. The Kier molecular flexibility index (Phi) is 4.14. The first-order valence-corrected chi connectivity index (χ1v) is 4.83. The first-order chi connectivity index (χ1) is 7.09. The molecule has 15 heavy (non-hydrogen) atoms. The third kappa shape index (κ3) is 4.01. The van der Waals surface area contributed by atoms with Crippen molar-refractivity contribution in [2.24, 2.45) is 0 Å². The monoisotopic (exact) mass is 222 g/mol. The molecule has 0 spiro atoms. The van der Waals surface area contributed by atoms with E-state index in [0.717, 1.165) is 5.56 Å². The van der Waals surface area contributed by atoms with Gasteiger partial charge in [-0.1, -0.05) is 23.4 Å². The van der Waals surface area contributed by atoms with Crippen LogP contribution in [0.3, 0.4) is 0 Å². The van der Waals surface area contributed by atoms with E-state index in [1.165, 1.54) is 6.92 Å². The van der Waals surface area contributed by atoms with Crippen molar-refractivity contribution >= 4 is 17.5 Å². The number of pyridine rings is 1. The number of nitrogens with one attached hydrogen (secondary N) is 1. The van der Waals surface area contributed by atoms with Crippen LogP contribution in [0.15, 0.2) is 12.3 Å². The summed E-state index contributed by atoms with van der Waals surface area (Å²) in [7, 11) is 0. The molecule has 1 N–H and O–H groups in total. The number of hydrogen-bond donors (Lipinski definition) is 1. The van der Waals surface area contributed by atoms with Crippen LogP contribution in [0.1, 0.15) is 18.1 Å². The van der Waals surface area contributed by atoms with Gasteiger partial charge in [0.15, 0.2) is 0 Å². The van der Waals surface area contributed by atoms with Crippen LogP contribution in [-0.2, 0) is 4.79 Å². The standard InChI is InChI=1S/C11H11ClN2O/c1-8-6-10(11(12)14-7-8)4-3-5-13-9(2)15/h6-7H,5H2,1-2H3,(H,13,15). The average Bonchev–Trinajstić information content (AvgIpc) is 2.17. The molecule has 1 heterocycles. The van der Waals surface area contributed by atoms with Crippen LogP contribution in [-0.4, -0.2) is 17.4 Å². The van der Waals surface area contributed by atoms with Crippen LogP contribution in [0.25, 0.3) is 0 Å². The fourth-order valence-electron chi connectivity index (χ4n) is 0.948. The van der Waals surface area contributed by atoms with Crippen LogP contribution >= 0.6 is 11.6 Å². The van der Waals surface area contributed by atoms with E-state index in [9.17, 15) is 4.79 Å². The molecule has 0 aromatic carbocycles. The molecule has 0 unspecified atom stereocenters. The molecule has 0 aliphatic heterocycles. The van der Waals surface area contributed by atoms with Gasteiger partial charge in [-0.25, -0.2) is 4.98 Å². The summed E-state index contributed by atoms with van der Waals surface area (Å²) >= 11 is 5.84. The predicted molar refractivity (Wildman–Crippen MR) is 59.5 cm³/mol. The quantitative estimate of drug-likeness (QED) is 0.579. The Balaban J connectivity index is 2.71. The van der Waals surface area contributed by atoms with Crippen molar-refractivity contribution in [3.63, 3.8) is 0 Å². The maximum absolute atomic E-state index is 10.6. The number of hydrogen-bond acceptors (Lipinski definition) is 2. The van der Waals surface area contributed by atoms with Crippen molar-refractivity contribution in [2.75, 3.05) is 6.54 Å². The van der Waals surface area contributed by atoms with Gasteiger partial charge in [0.05, 0.1) is 12.1 Å². The fraction of sp³-hybridized carbons (Fsp3) is 0.273. The molecular formula is C11H11ClN2O. The fourth-order valence-corrected chi connectivity index (χ4v) is 1.10. The lowest BCUT2D eigenvalue weighted by molar-refractivity contribution is -0.118. The van der Waals surface area contributed by atoms with E-state index < -0.39 is 0 Å². The van der Waals surface area contributed by atoms with Gasteiger partial charge in [0.25, 0.3) is 0 Å². The highest BCUT2D eigenvalue weighted by atomic mass is 35.5. The molecule has 4 heteroatoms. The first kappa shape index (κ1) is 11.5. The lowest BCUT2D eigenvalue weighted by Gasteiger charge is -1.96. The van der Waals surface area contributed by atoms with Crippen molar-refractivity contribution < 1.29 is 4.79 Å². The van der Waals surface area contributed by atoms with Crippen molar-refractivity contribution in [3.05, 3.63) is 28.5 Å². The summed E-state index contributed by atoms with van der Waals surface area (Å²) in [6, 6.07) is 1.86. The smallest absolute Gasteiger partial charge is 0.217 e. The highest BCUT2D eigenvalue weighted by Gasteiger charge is 1.97. The third-order valence-corrected chi connectivity index (χ3v) is 1.93. The van der Waals surface area contributed by atoms with E-state index in [1.807, 2.05) is 13.0 Å². The van der Waals surface area contributed by atoms with Gasteiger partial charge in [0.2, 0.25) is 5.91 Å². The van der Waals surface area contributed by atoms with Gasteiger partial charge in [-0.05, 0) is 18.6 Å². The maximum atomic E-state index is 10.6. The number of amides is 1. The maximum Gasteiger partial charge on any atom is 0.217 e. The van der Waals surface area contributed by atoms with Crippen LogP contribution in [0.5, 0.6) is 0 Å². The molecule has 1 aromatic heterocycles. The molecule has 0 aliphatic carbocycles. The van der Waals surface area contributed by atoms with Crippen molar-refractivity contribution in [3.8, 4) is 11.8 Å². The van der Waals surface area contributed by atoms with Crippen LogP contribution < -0.4 is 5.32 Å². The first-order valence-electron chi connectivity index (χ1n) is 4.45. The van der Waals surface area contributed by atoms with Crippen LogP contribution in [0.2, 0.25) is 5.15 Å². The zero-order chi connectivity index (χ0) is 11.3. The van der Waals surface area contributed by atoms with E-state index >= 15 is 0 Å². The number of aromatic nitrogens is 1. The largest absolute Gasteiger partial charge is 0.345 e. The Morgan fingerprint density at radius 2 is 2.40 bits per heavy atom. The number of rotatable bonds is 1. The van der Waals surface area contributed by atoms with E-state index in [2.05, 4.69) is 22.1 Å². The topological polar surface area (TPSA) is 42.0 Å². The number of carbonyl (C=O) groups excluding carboxylic acids is 1. The van der Waals surface area contributed by atoms with Gasteiger partial charge in [-0.15, -0.1) is 0 Å². The Morgan fingerprint density at radius 1 is 1.67 bits per heavy atom. The molecule has 0 saturated carbocycles. The molecule has 1 amide bonds. The molecule has 78 valence electrons. The summed E-state index contributed by atoms with van der Waals surface area (Å²) < 4.78 is 0. The lowest BCUT2D eigenvalue weighted by Crippen LogP contribution is -2.19. The number of halogens is 1. The molecule has 0 bridgehead atoms. The minimum Gasteiger partial charge on any atom is -0.345 e. The predicted octanol–water partition coefficient (Wildman–Crippen LogP) is 1.53. The number of carbonyl (C=O) groups is 1.